The Morgan fingerprint density at radius 1 is 1.03 bits per heavy atom. The Labute approximate surface area is 207 Å². The minimum Gasteiger partial charge on any atom is -0.495 e. The molecule has 2 heterocycles. The molecule has 2 aromatic carbocycles. The quantitative estimate of drug-likeness (QED) is 0.631. The highest BCUT2D eigenvalue weighted by Crippen LogP contribution is 2.31. The van der Waals surface area contributed by atoms with E-state index in [-0.39, 0.29) is 23.3 Å². The fraction of sp³-hybridized carbons (Fsp3) is 0.462. The van der Waals surface area contributed by atoms with Crippen molar-refractivity contribution in [1.29, 1.82) is 0 Å². The Morgan fingerprint density at radius 2 is 1.74 bits per heavy atom. The van der Waals surface area contributed by atoms with Crippen LogP contribution in [0.4, 0.5) is 5.69 Å². The minimum absolute atomic E-state index is 0.119. The maximum absolute atomic E-state index is 13.3. The number of sulfonamides is 1. The van der Waals surface area contributed by atoms with Gasteiger partial charge in [0, 0.05) is 31.9 Å². The monoisotopic (exact) mass is 499 g/mol. The predicted octanol–water partition coefficient (Wildman–Crippen LogP) is 3.21. The highest BCUT2D eigenvalue weighted by Gasteiger charge is 2.35. The average Bonchev–Trinajstić information content (AvgIpc) is 3.40. The van der Waals surface area contributed by atoms with Crippen molar-refractivity contribution in [1.82, 2.24) is 9.21 Å². The van der Waals surface area contributed by atoms with Gasteiger partial charge in [-0.15, -0.1) is 0 Å². The number of hydrogen-bond donors (Lipinski definition) is 1. The molecule has 1 atom stereocenters. The van der Waals surface area contributed by atoms with Crippen LogP contribution in [0.15, 0.2) is 47.4 Å². The highest BCUT2D eigenvalue weighted by molar-refractivity contribution is 7.89. The van der Waals surface area contributed by atoms with Gasteiger partial charge >= 0.3 is 0 Å². The maximum atomic E-state index is 13.3. The Bertz CT molecular complexity index is 1170. The molecule has 2 aliphatic rings. The second kappa shape index (κ2) is 10.8. The number of nitrogens with zero attached hydrogens (tertiary/aromatic N) is 2. The van der Waals surface area contributed by atoms with E-state index in [2.05, 4.69) is 5.32 Å². The zero-order valence-corrected chi connectivity index (χ0v) is 21.1. The largest absolute Gasteiger partial charge is 0.495 e. The van der Waals surface area contributed by atoms with Crippen molar-refractivity contribution in [2.24, 2.45) is 5.92 Å². The number of piperidine rings is 1. The zero-order valence-electron chi connectivity index (χ0n) is 20.3. The van der Waals surface area contributed by atoms with Gasteiger partial charge in [0.1, 0.15) is 10.6 Å². The first-order chi connectivity index (χ1) is 16.8. The molecule has 1 N–H and O–H groups in total. The van der Waals surface area contributed by atoms with Crippen molar-refractivity contribution in [3.8, 4) is 5.75 Å². The first kappa shape index (κ1) is 25.2. The average molecular weight is 500 g/mol. The molecule has 0 aliphatic carbocycles. The van der Waals surface area contributed by atoms with Crippen molar-refractivity contribution in [3.63, 3.8) is 0 Å². The van der Waals surface area contributed by atoms with E-state index in [0.29, 0.717) is 37.2 Å². The molecule has 2 aromatic rings. The highest BCUT2D eigenvalue weighted by atomic mass is 32.2. The second-order valence-corrected chi connectivity index (χ2v) is 11.2. The van der Waals surface area contributed by atoms with Gasteiger partial charge in [0.2, 0.25) is 21.8 Å². The molecule has 2 amide bonds. The van der Waals surface area contributed by atoms with Crippen molar-refractivity contribution in [2.75, 3.05) is 38.6 Å². The Kier molecular flexibility index (Phi) is 7.76. The minimum atomic E-state index is -3.80. The fourth-order valence-corrected chi connectivity index (χ4v) is 6.47. The van der Waals surface area contributed by atoms with E-state index in [1.165, 1.54) is 11.4 Å². The summed E-state index contributed by atoms with van der Waals surface area (Å²) >= 11 is 0. The number of likely N-dealkylation sites (tertiary alicyclic amines) is 1. The van der Waals surface area contributed by atoms with Crippen LogP contribution < -0.4 is 10.1 Å². The van der Waals surface area contributed by atoms with Crippen LogP contribution in [0.1, 0.15) is 36.8 Å². The van der Waals surface area contributed by atoms with E-state index in [1.807, 2.05) is 24.0 Å². The normalized spacial score (nSPS) is 18.9. The van der Waals surface area contributed by atoms with Crippen LogP contribution in [-0.2, 0) is 26.0 Å². The third-order valence-electron chi connectivity index (χ3n) is 6.73. The van der Waals surface area contributed by atoms with Gasteiger partial charge in [-0.1, -0.05) is 18.2 Å². The molecule has 0 aromatic heterocycles. The van der Waals surface area contributed by atoms with Gasteiger partial charge in [-0.05, 0) is 68.0 Å². The van der Waals surface area contributed by atoms with Gasteiger partial charge in [0.15, 0.2) is 0 Å². The number of rotatable bonds is 7. The second-order valence-electron chi connectivity index (χ2n) is 9.31. The molecule has 2 saturated heterocycles. The number of carbonyl (C=O) groups excluding carboxylic acids is 2. The van der Waals surface area contributed by atoms with Crippen LogP contribution in [0.2, 0.25) is 0 Å². The van der Waals surface area contributed by atoms with Crippen LogP contribution in [-0.4, -0.2) is 62.7 Å². The van der Waals surface area contributed by atoms with Crippen LogP contribution in [0.3, 0.4) is 0 Å². The maximum Gasteiger partial charge on any atom is 0.246 e. The first-order valence-electron chi connectivity index (χ1n) is 12.1. The van der Waals surface area contributed by atoms with Crippen LogP contribution in [0.25, 0.3) is 0 Å². The molecule has 0 radical (unpaired) electrons. The first-order valence-corrected chi connectivity index (χ1v) is 13.5. The molecule has 188 valence electrons. The Hall–Kier alpha value is -2.91. The number of methoxy groups -OCH3 is 1. The Morgan fingerprint density at radius 3 is 2.43 bits per heavy atom. The predicted molar refractivity (Wildman–Crippen MR) is 134 cm³/mol. The lowest BCUT2D eigenvalue weighted by Gasteiger charge is -2.31. The molecule has 0 saturated carbocycles. The van der Waals surface area contributed by atoms with Gasteiger partial charge in [-0.3, -0.25) is 9.59 Å². The summed E-state index contributed by atoms with van der Waals surface area (Å²) in [5, 5.41) is 2.91. The molecule has 0 spiro atoms. The summed E-state index contributed by atoms with van der Waals surface area (Å²) in [6.45, 7) is 3.98. The summed E-state index contributed by atoms with van der Waals surface area (Å²) in [7, 11) is -2.35. The number of carbonyl (C=O) groups is 2. The third-order valence-corrected chi connectivity index (χ3v) is 8.61. The van der Waals surface area contributed by atoms with Crippen LogP contribution >= 0.6 is 0 Å². The van der Waals surface area contributed by atoms with Gasteiger partial charge in [-0.2, -0.15) is 4.31 Å². The molecular weight excluding hydrogens is 466 g/mol. The molecule has 2 fully saturated rings. The lowest BCUT2D eigenvalue weighted by atomic mass is 9.98. The van der Waals surface area contributed by atoms with Crippen molar-refractivity contribution in [2.45, 2.75) is 43.9 Å². The van der Waals surface area contributed by atoms with Crippen LogP contribution in [0, 0.1) is 12.8 Å². The summed E-state index contributed by atoms with van der Waals surface area (Å²) in [6.07, 6.45) is 3.70. The topological polar surface area (TPSA) is 96.0 Å². The van der Waals surface area contributed by atoms with E-state index >= 15 is 0 Å². The number of aryl methyl sites for hydroxylation is 1. The van der Waals surface area contributed by atoms with E-state index in [4.69, 9.17) is 4.74 Å². The van der Waals surface area contributed by atoms with Gasteiger partial charge in [-0.25, -0.2) is 8.42 Å². The Balaban J connectivity index is 1.38. The zero-order chi connectivity index (χ0) is 25.0. The molecule has 1 unspecified atom stereocenters. The summed E-state index contributed by atoms with van der Waals surface area (Å²) < 4.78 is 33.4. The van der Waals surface area contributed by atoms with Crippen molar-refractivity contribution < 1.29 is 22.7 Å². The van der Waals surface area contributed by atoms with Gasteiger partial charge in [0.05, 0.1) is 19.4 Å². The molecule has 4 rings (SSSR count). The van der Waals surface area contributed by atoms with E-state index < -0.39 is 15.9 Å². The lowest BCUT2D eigenvalue weighted by molar-refractivity contribution is -0.129. The standard InChI is InChI=1S/C26H33N3O5S/c1-19-7-12-23(34-2)24(16-19)35(32,33)29-15-5-6-21(18-29)26(31)27-22-10-8-20(9-11-22)17-25(30)28-13-3-4-14-28/h7-12,16,21H,3-6,13-15,17-18H2,1-2H3,(H,27,31). The molecule has 9 heteroatoms. The van der Waals surface area contributed by atoms with Crippen molar-refractivity contribution in [3.05, 3.63) is 53.6 Å². The summed E-state index contributed by atoms with van der Waals surface area (Å²) in [5.41, 5.74) is 2.36. The van der Waals surface area contributed by atoms with E-state index in [9.17, 15) is 18.0 Å². The molecule has 8 nitrogen and oxygen atoms in total. The molecule has 2 aliphatic heterocycles. The van der Waals surface area contributed by atoms with E-state index in [1.54, 1.807) is 30.3 Å². The number of nitrogens with one attached hydrogen (secondary N) is 1. The molecule has 35 heavy (non-hydrogen) atoms. The SMILES string of the molecule is COc1ccc(C)cc1S(=O)(=O)N1CCCC(C(=O)Nc2ccc(CC(=O)N3CCCC3)cc2)C1. The number of ether oxygens (including phenoxy) is 1. The van der Waals surface area contributed by atoms with Crippen molar-refractivity contribution >= 4 is 27.5 Å². The van der Waals surface area contributed by atoms with Crippen LogP contribution in [0.5, 0.6) is 5.75 Å². The summed E-state index contributed by atoms with van der Waals surface area (Å²) in [5.74, 6) is -0.230. The number of benzene rings is 2. The third kappa shape index (κ3) is 5.85. The molecule has 0 bridgehead atoms. The smallest absolute Gasteiger partial charge is 0.246 e. The van der Waals surface area contributed by atoms with E-state index in [0.717, 1.165) is 37.1 Å². The summed E-state index contributed by atoms with van der Waals surface area (Å²) in [6, 6.07) is 12.3. The van der Waals surface area contributed by atoms with Gasteiger partial charge in [0.25, 0.3) is 0 Å². The molecular formula is C26H33N3O5S. The number of hydrogen-bond acceptors (Lipinski definition) is 5. The number of anilines is 1. The van der Waals surface area contributed by atoms with Gasteiger partial charge < -0.3 is 15.0 Å². The summed E-state index contributed by atoms with van der Waals surface area (Å²) in [4.78, 5) is 27.3. The fourth-order valence-electron chi connectivity index (χ4n) is 4.70. The lowest BCUT2D eigenvalue weighted by Crippen LogP contribution is -2.43. The number of amides is 2.